The average Bonchev–Trinajstić information content (AvgIpc) is 2.95. The number of amides is 1. The first kappa shape index (κ1) is 15.7. The molecule has 2 aliphatic rings. The molecule has 1 amide bonds. The van der Waals surface area contributed by atoms with Gasteiger partial charge in [0.05, 0.1) is 12.1 Å². The van der Waals surface area contributed by atoms with Gasteiger partial charge in [-0.05, 0) is 26.2 Å². The molecule has 106 valence electrons. The van der Waals surface area contributed by atoms with Crippen LogP contribution in [0, 0.1) is 5.92 Å². The van der Waals surface area contributed by atoms with Crippen LogP contribution in [0.5, 0.6) is 0 Å². The molecule has 1 aliphatic heterocycles. The molecule has 5 heteroatoms. The SMILES string of the molecule is CCOCC1CCN(C(=O)C2(N)CCCC2)C1.Cl. The molecule has 1 aliphatic carbocycles. The van der Waals surface area contributed by atoms with E-state index in [0.29, 0.717) is 5.92 Å². The molecule has 0 bridgehead atoms. The summed E-state index contributed by atoms with van der Waals surface area (Å²) in [7, 11) is 0. The number of carbonyl (C=O) groups excluding carboxylic acids is 1. The first-order valence-electron chi connectivity index (χ1n) is 6.82. The van der Waals surface area contributed by atoms with Crippen LogP contribution in [0.4, 0.5) is 0 Å². The lowest BCUT2D eigenvalue weighted by Gasteiger charge is -2.28. The number of ether oxygens (including phenoxy) is 1. The topological polar surface area (TPSA) is 55.6 Å². The average molecular weight is 277 g/mol. The van der Waals surface area contributed by atoms with Gasteiger partial charge in [0, 0.05) is 25.6 Å². The Morgan fingerprint density at radius 2 is 2.11 bits per heavy atom. The number of carbonyl (C=O) groups is 1. The number of nitrogens with zero attached hydrogens (tertiary/aromatic N) is 1. The lowest BCUT2D eigenvalue weighted by atomic mass is 9.97. The zero-order valence-corrected chi connectivity index (χ0v) is 12.0. The summed E-state index contributed by atoms with van der Waals surface area (Å²) in [6.07, 6.45) is 4.97. The van der Waals surface area contributed by atoms with Crippen molar-refractivity contribution < 1.29 is 9.53 Å². The molecular weight excluding hydrogens is 252 g/mol. The Balaban J connectivity index is 0.00000162. The fourth-order valence-corrected chi connectivity index (χ4v) is 2.97. The molecule has 2 N–H and O–H groups in total. The van der Waals surface area contributed by atoms with Crippen LogP contribution >= 0.6 is 12.4 Å². The Hall–Kier alpha value is -0.320. The number of hydrogen-bond acceptors (Lipinski definition) is 3. The highest BCUT2D eigenvalue weighted by molar-refractivity contribution is 5.86. The largest absolute Gasteiger partial charge is 0.381 e. The van der Waals surface area contributed by atoms with E-state index in [1.165, 1.54) is 0 Å². The third-order valence-corrected chi connectivity index (χ3v) is 4.05. The third kappa shape index (κ3) is 3.37. The van der Waals surface area contributed by atoms with Gasteiger partial charge < -0.3 is 15.4 Å². The fraction of sp³-hybridized carbons (Fsp3) is 0.923. The molecule has 1 saturated heterocycles. The molecule has 0 aromatic rings. The van der Waals surface area contributed by atoms with E-state index in [4.69, 9.17) is 10.5 Å². The predicted molar refractivity (Wildman–Crippen MR) is 73.8 cm³/mol. The summed E-state index contributed by atoms with van der Waals surface area (Å²) >= 11 is 0. The van der Waals surface area contributed by atoms with E-state index in [-0.39, 0.29) is 18.3 Å². The molecule has 1 saturated carbocycles. The number of likely N-dealkylation sites (tertiary alicyclic amines) is 1. The second kappa shape index (κ2) is 6.73. The van der Waals surface area contributed by atoms with Crippen molar-refractivity contribution in [3.8, 4) is 0 Å². The molecule has 0 aromatic heterocycles. The van der Waals surface area contributed by atoms with Gasteiger partial charge in [-0.15, -0.1) is 12.4 Å². The molecule has 1 heterocycles. The molecule has 4 nitrogen and oxygen atoms in total. The van der Waals surface area contributed by atoms with Gasteiger partial charge in [0.15, 0.2) is 0 Å². The maximum atomic E-state index is 12.3. The van der Waals surface area contributed by atoms with Gasteiger partial charge in [0.25, 0.3) is 0 Å². The Bertz CT molecular complexity index is 280. The van der Waals surface area contributed by atoms with E-state index in [2.05, 4.69) is 0 Å². The van der Waals surface area contributed by atoms with Crippen LogP contribution < -0.4 is 5.73 Å². The van der Waals surface area contributed by atoms with Gasteiger partial charge in [0.1, 0.15) is 0 Å². The van der Waals surface area contributed by atoms with Crippen LogP contribution in [0.1, 0.15) is 39.0 Å². The van der Waals surface area contributed by atoms with Gasteiger partial charge in [-0.25, -0.2) is 0 Å². The van der Waals surface area contributed by atoms with Crippen molar-refractivity contribution in [2.24, 2.45) is 11.7 Å². The first-order chi connectivity index (χ1) is 8.15. The summed E-state index contributed by atoms with van der Waals surface area (Å²) in [5.74, 6) is 0.679. The molecule has 18 heavy (non-hydrogen) atoms. The standard InChI is InChI=1S/C13H24N2O2.ClH/c1-2-17-10-11-5-8-15(9-11)12(16)13(14)6-3-4-7-13;/h11H,2-10,14H2,1H3;1H. The Morgan fingerprint density at radius 3 is 2.72 bits per heavy atom. The number of nitrogens with two attached hydrogens (primary N) is 1. The minimum absolute atomic E-state index is 0. The van der Waals surface area contributed by atoms with Crippen molar-refractivity contribution >= 4 is 18.3 Å². The second-order valence-electron chi connectivity index (χ2n) is 5.43. The Morgan fingerprint density at radius 1 is 1.44 bits per heavy atom. The van der Waals surface area contributed by atoms with E-state index < -0.39 is 5.54 Å². The highest BCUT2D eigenvalue weighted by Gasteiger charge is 2.41. The summed E-state index contributed by atoms with van der Waals surface area (Å²) in [6.45, 7) is 5.22. The van der Waals surface area contributed by atoms with Crippen LogP contribution in [-0.2, 0) is 9.53 Å². The van der Waals surface area contributed by atoms with E-state index in [0.717, 1.165) is 58.4 Å². The van der Waals surface area contributed by atoms with Gasteiger partial charge in [0.2, 0.25) is 5.91 Å². The van der Waals surface area contributed by atoms with Crippen LogP contribution in [0.15, 0.2) is 0 Å². The van der Waals surface area contributed by atoms with E-state index in [9.17, 15) is 4.79 Å². The molecule has 2 rings (SSSR count). The minimum atomic E-state index is -0.555. The first-order valence-corrected chi connectivity index (χ1v) is 6.82. The van der Waals surface area contributed by atoms with Crippen molar-refractivity contribution in [1.82, 2.24) is 4.90 Å². The fourth-order valence-electron chi connectivity index (χ4n) is 2.97. The lowest BCUT2D eigenvalue weighted by molar-refractivity contribution is -0.135. The third-order valence-electron chi connectivity index (χ3n) is 4.05. The lowest BCUT2D eigenvalue weighted by Crippen LogP contribution is -2.53. The van der Waals surface area contributed by atoms with Crippen LogP contribution in [-0.4, -0.2) is 42.6 Å². The molecule has 0 radical (unpaired) electrons. The van der Waals surface area contributed by atoms with E-state index in [1.807, 2.05) is 11.8 Å². The van der Waals surface area contributed by atoms with Gasteiger partial charge in [-0.2, -0.15) is 0 Å². The van der Waals surface area contributed by atoms with Crippen molar-refractivity contribution in [2.75, 3.05) is 26.3 Å². The van der Waals surface area contributed by atoms with Crippen molar-refractivity contribution in [3.05, 3.63) is 0 Å². The van der Waals surface area contributed by atoms with Gasteiger partial charge >= 0.3 is 0 Å². The molecule has 1 atom stereocenters. The second-order valence-corrected chi connectivity index (χ2v) is 5.43. The normalized spacial score (nSPS) is 26.1. The maximum absolute atomic E-state index is 12.3. The van der Waals surface area contributed by atoms with E-state index >= 15 is 0 Å². The highest BCUT2D eigenvalue weighted by atomic mass is 35.5. The summed E-state index contributed by atoms with van der Waals surface area (Å²) < 4.78 is 5.43. The summed E-state index contributed by atoms with van der Waals surface area (Å²) in [5, 5.41) is 0. The van der Waals surface area contributed by atoms with Crippen molar-refractivity contribution in [2.45, 2.75) is 44.6 Å². The summed E-state index contributed by atoms with van der Waals surface area (Å²) in [5.41, 5.74) is 5.65. The van der Waals surface area contributed by atoms with Crippen LogP contribution in [0.25, 0.3) is 0 Å². The number of halogens is 1. The predicted octanol–water partition coefficient (Wildman–Crippen LogP) is 1.56. The molecule has 0 aromatic carbocycles. The van der Waals surface area contributed by atoms with Crippen molar-refractivity contribution in [3.63, 3.8) is 0 Å². The zero-order valence-electron chi connectivity index (χ0n) is 11.2. The zero-order chi connectivity index (χ0) is 12.3. The van der Waals surface area contributed by atoms with Gasteiger partial charge in [-0.3, -0.25) is 4.79 Å². The van der Waals surface area contributed by atoms with Crippen molar-refractivity contribution in [1.29, 1.82) is 0 Å². The molecular formula is C13H25ClN2O2. The number of hydrogen-bond donors (Lipinski definition) is 1. The highest BCUT2D eigenvalue weighted by Crippen LogP contribution is 2.30. The van der Waals surface area contributed by atoms with Gasteiger partial charge in [-0.1, -0.05) is 12.8 Å². The van der Waals surface area contributed by atoms with Crippen LogP contribution in [0.2, 0.25) is 0 Å². The minimum Gasteiger partial charge on any atom is -0.381 e. The summed E-state index contributed by atoms with van der Waals surface area (Å²) in [6, 6.07) is 0. The summed E-state index contributed by atoms with van der Waals surface area (Å²) in [4.78, 5) is 14.3. The smallest absolute Gasteiger partial charge is 0.242 e. The molecule has 2 fully saturated rings. The van der Waals surface area contributed by atoms with E-state index in [1.54, 1.807) is 0 Å². The molecule has 1 unspecified atom stereocenters. The Kier molecular flexibility index (Phi) is 5.89. The maximum Gasteiger partial charge on any atom is 0.242 e. The number of rotatable bonds is 4. The quantitative estimate of drug-likeness (QED) is 0.848. The monoisotopic (exact) mass is 276 g/mol. The Labute approximate surface area is 116 Å². The molecule has 0 spiro atoms. The van der Waals surface area contributed by atoms with Crippen LogP contribution in [0.3, 0.4) is 0 Å².